The molecule has 1 N–H and O–H groups in total. The van der Waals surface area contributed by atoms with Gasteiger partial charge in [-0.1, -0.05) is 41.4 Å². The maximum Gasteiger partial charge on any atom is 0.251 e. The number of amides is 1. The van der Waals surface area contributed by atoms with Gasteiger partial charge in [0.05, 0.1) is 17.6 Å². The van der Waals surface area contributed by atoms with E-state index in [1.54, 1.807) is 0 Å². The number of hydrogen-bond donors (Lipinski definition) is 1. The molecule has 4 rings (SSSR count). The number of nitrogens with zero attached hydrogens (tertiary/aromatic N) is 2. The van der Waals surface area contributed by atoms with Crippen LogP contribution in [0.1, 0.15) is 39.3 Å². The Kier molecular flexibility index (Phi) is 7.53. The third-order valence-corrected chi connectivity index (χ3v) is 6.47. The Bertz CT molecular complexity index is 1290. The van der Waals surface area contributed by atoms with E-state index in [1.807, 2.05) is 75.4 Å². The van der Waals surface area contributed by atoms with Crippen LogP contribution in [0.3, 0.4) is 0 Å². The molecule has 1 amide bonds. The summed E-state index contributed by atoms with van der Waals surface area (Å²) in [4.78, 5) is 17.2. The largest absolute Gasteiger partial charge is 0.492 e. The average Bonchev–Trinajstić information content (AvgIpc) is 3.17. The van der Waals surface area contributed by atoms with Gasteiger partial charge < -0.3 is 14.6 Å². The molecular weight excluding hydrogens is 446 g/mol. The zero-order chi connectivity index (χ0) is 24.1. The first-order valence-electron chi connectivity index (χ1n) is 11.6. The predicted molar refractivity (Wildman–Crippen MR) is 138 cm³/mol. The van der Waals surface area contributed by atoms with Crippen LogP contribution in [0.25, 0.3) is 11.0 Å². The summed E-state index contributed by atoms with van der Waals surface area (Å²) >= 11 is 6.28. The van der Waals surface area contributed by atoms with Crippen molar-refractivity contribution in [3.63, 3.8) is 0 Å². The fourth-order valence-electron chi connectivity index (χ4n) is 4.15. The van der Waals surface area contributed by atoms with Crippen LogP contribution >= 0.6 is 11.6 Å². The van der Waals surface area contributed by atoms with Crippen LogP contribution in [0.5, 0.6) is 5.75 Å². The first-order valence-corrected chi connectivity index (χ1v) is 12.0. The number of fused-ring (bicyclic) bond motifs is 1. The number of rotatable bonds is 9. The van der Waals surface area contributed by atoms with Crippen LogP contribution in [0.4, 0.5) is 0 Å². The second kappa shape index (κ2) is 10.7. The van der Waals surface area contributed by atoms with E-state index in [0.29, 0.717) is 25.3 Å². The van der Waals surface area contributed by atoms with E-state index in [4.69, 9.17) is 21.3 Å². The number of hydrogen-bond acceptors (Lipinski definition) is 3. The molecule has 34 heavy (non-hydrogen) atoms. The maximum absolute atomic E-state index is 12.4. The molecule has 0 saturated heterocycles. The maximum atomic E-state index is 12.4. The highest BCUT2D eigenvalue weighted by Crippen LogP contribution is 2.26. The summed E-state index contributed by atoms with van der Waals surface area (Å²) in [6, 6.07) is 19.7. The lowest BCUT2D eigenvalue weighted by atomic mass is 10.1. The molecule has 3 aromatic carbocycles. The van der Waals surface area contributed by atoms with Crippen molar-refractivity contribution in [1.29, 1.82) is 0 Å². The molecule has 4 aromatic rings. The molecule has 0 spiro atoms. The van der Waals surface area contributed by atoms with Crippen molar-refractivity contribution in [2.24, 2.45) is 0 Å². The number of benzene rings is 3. The minimum Gasteiger partial charge on any atom is -0.492 e. The molecule has 0 aliphatic carbocycles. The van der Waals surface area contributed by atoms with Gasteiger partial charge in [-0.15, -0.1) is 0 Å². The zero-order valence-electron chi connectivity index (χ0n) is 19.9. The van der Waals surface area contributed by atoms with Crippen LogP contribution in [-0.4, -0.2) is 28.6 Å². The zero-order valence-corrected chi connectivity index (χ0v) is 20.7. The number of ether oxygens (including phenoxy) is 1. The van der Waals surface area contributed by atoms with E-state index in [-0.39, 0.29) is 5.91 Å². The first kappa shape index (κ1) is 23.8. The molecule has 0 radical (unpaired) electrons. The number of halogens is 1. The van der Waals surface area contributed by atoms with Crippen molar-refractivity contribution < 1.29 is 9.53 Å². The third kappa shape index (κ3) is 5.60. The van der Waals surface area contributed by atoms with E-state index >= 15 is 0 Å². The van der Waals surface area contributed by atoms with Gasteiger partial charge in [0, 0.05) is 23.6 Å². The second-order valence-corrected chi connectivity index (χ2v) is 8.99. The Labute approximate surface area is 205 Å². The summed E-state index contributed by atoms with van der Waals surface area (Å²) in [5.74, 6) is 1.78. The van der Waals surface area contributed by atoms with Crippen molar-refractivity contribution in [1.82, 2.24) is 14.9 Å². The normalized spacial score (nSPS) is 11.1. The van der Waals surface area contributed by atoms with Gasteiger partial charge in [-0.05, 0) is 74.7 Å². The standard InChI is InChI=1S/C28H30ClN3O2/c1-19-8-6-9-22(16-19)28(33)30-13-7-12-26-31-24-10-4-5-11-25(24)32(26)14-15-34-23-17-20(2)27(29)21(3)18-23/h4-6,8-11,16-18H,7,12-15H2,1-3H3,(H,30,33). The number of aryl methyl sites for hydroxylation is 4. The van der Waals surface area contributed by atoms with Gasteiger partial charge >= 0.3 is 0 Å². The minimum absolute atomic E-state index is 0.0424. The van der Waals surface area contributed by atoms with Gasteiger partial charge in [0.15, 0.2) is 0 Å². The lowest BCUT2D eigenvalue weighted by Crippen LogP contribution is -2.25. The third-order valence-electron chi connectivity index (χ3n) is 5.87. The fourth-order valence-corrected chi connectivity index (χ4v) is 4.26. The molecular formula is C28H30ClN3O2. The lowest BCUT2D eigenvalue weighted by molar-refractivity contribution is 0.0953. The number of para-hydroxylation sites is 2. The highest BCUT2D eigenvalue weighted by Gasteiger charge is 2.12. The van der Waals surface area contributed by atoms with Crippen molar-refractivity contribution in [2.45, 2.75) is 40.2 Å². The Morgan fingerprint density at radius 1 is 1.03 bits per heavy atom. The van der Waals surface area contributed by atoms with E-state index < -0.39 is 0 Å². The SMILES string of the molecule is Cc1cccc(C(=O)NCCCc2nc3ccccc3n2CCOc2cc(C)c(Cl)c(C)c2)c1. The van der Waals surface area contributed by atoms with E-state index in [2.05, 4.69) is 16.0 Å². The molecule has 1 aromatic heterocycles. The van der Waals surface area contributed by atoms with Crippen LogP contribution in [-0.2, 0) is 13.0 Å². The van der Waals surface area contributed by atoms with Crippen LogP contribution in [0.2, 0.25) is 5.02 Å². The number of aromatic nitrogens is 2. The summed E-state index contributed by atoms with van der Waals surface area (Å²) in [7, 11) is 0. The van der Waals surface area contributed by atoms with Gasteiger partial charge in [0.25, 0.3) is 5.91 Å². The minimum atomic E-state index is -0.0424. The van der Waals surface area contributed by atoms with Gasteiger partial charge in [0.2, 0.25) is 0 Å². The van der Waals surface area contributed by atoms with Gasteiger partial charge in [-0.3, -0.25) is 4.79 Å². The van der Waals surface area contributed by atoms with Gasteiger partial charge in [-0.25, -0.2) is 4.98 Å². The summed E-state index contributed by atoms with van der Waals surface area (Å²) in [6.45, 7) is 7.77. The molecule has 176 valence electrons. The molecule has 1 heterocycles. The summed E-state index contributed by atoms with van der Waals surface area (Å²) < 4.78 is 8.27. The van der Waals surface area contributed by atoms with E-state index in [9.17, 15) is 4.79 Å². The van der Waals surface area contributed by atoms with E-state index in [1.165, 1.54) is 0 Å². The summed E-state index contributed by atoms with van der Waals surface area (Å²) in [6.07, 6.45) is 1.57. The highest BCUT2D eigenvalue weighted by atomic mass is 35.5. The Morgan fingerprint density at radius 2 is 1.79 bits per heavy atom. The Hall–Kier alpha value is -3.31. The van der Waals surface area contributed by atoms with Crippen molar-refractivity contribution in [2.75, 3.05) is 13.2 Å². The number of imidazole rings is 1. The average molecular weight is 476 g/mol. The number of carbonyl (C=O) groups excluding carboxylic acids is 1. The van der Waals surface area contributed by atoms with Gasteiger partial charge in [0.1, 0.15) is 18.2 Å². The Balaban J connectivity index is 1.38. The number of carbonyl (C=O) groups is 1. The molecule has 0 bridgehead atoms. The monoisotopic (exact) mass is 475 g/mol. The second-order valence-electron chi connectivity index (χ2n) is 8.62. The molecule has 0 aliphatic heterocycles. The molecule has 0 unspecified atom stereocenters. The summed E-state index contributed by atoms with van der Waals surface area (Å²) in [5.41, 5.74) is 5.86. The first-order chi connectivity index (χ1) is 16.4. The molecule has 5 nitrogen and oxygen atoms in total. The van der Waals surface area contributed by atoms with Crippen molar-refractivity contribution >= 4 is 28.5 Å². The van der Waals surface area contributed by atoms with Crippen LogP contribution in [0.15, 0.2) is 60.7 Å². The number of nitrogens with one attached hydrogen (secondary N) is 1. The highest BCUT2D eigenvalue weighted by molar-refractivity contribution is 6.32. The lowest BCUT2D eigenvalue weighted by Gasteiger charge is -2.13. The molecule has 0 aliphatic rings. The van der Waals surface area contributed by atoms with Crippen LogP contribution < -0.4 is 10.1 Å². The molecule has 0 fully saturated rings. The molecule has 0 saturated carbocycles. The quantitative estimate of drug-likeness (QED) is 0.299. The van der Waals surface area contributed by atoms with Crippen molar-refractivity contribution in [3.8, 4) is 5.75 Å². The smallest absolute Gasteiger partial charge is 0.251 e. The summed E-state index contributed by atoms with van der Waals surface area (Å²) in [5, 5.41) is 3.80. The van der Waals surface area contributed by atoms with Gasteiger partial charge in [-0.2, -0.15) is 0 Å². The Morgan fingerprint density at radius 3 is 2.56 bits per heavy atom. The molecule has 0 atom stereocenters. The van der Waals surface area contributed by atoms with Crippen molar-refractivity contribution in [3.05, 3.63) is 93.8 Å². The topological polar surface area (TPSA) is 56.2 Å². The van der Waals surface area contributed by atoms with Crippen LogP contribution in [0, 0.1) is 20.8 Å². The van der Waals surface area contributed by atoms with E-state index in [0.717, 1.165) is 57.2 Å². The predicted octanol–water partition coefficient (Wildman–Crippen LogP) is 6.06. The molecule has 6 heteroatoms. The fraction of sp³-hybridized carbons (Fsp3) is 0.286.